The zero-order valence-electron chi connectivity index (χ0n) is 23.0. The van der Waals surface area contributed by atoms with Gasteiger partial charge in [-0.15, -0.1) is 0 Å². The van der Waals surface area contributed by atoms with E-state index in [1.54, 1.807) is 0 Å². The average Bonchev–Trinajstić information content (AvgIpc) is 3.38. The molecule has 37 heavy (non-hydrogen) atoms. The van der Waals surface area contributed by atoms with Crippen LogP contribution < -0.4 is 10.9 Å². The van der Waals surface area contributed by atoms with E-state index in [2.05, 4.69) is 97.9 Å². The molecule has 0 aliphatic carbocycles. The van der Waals surface area contributed by atoms with E-state index in [0.717, 1.165) is 44.0 Å². The fraction of sp³-hybridized carbons (Fsp3) is 0.400. The molecule has 2 aliphatic rings. The lowest BCUT2D eigenvalue weighted by Gasteiger charge is -2.32. The Hall–Kier alpha value is -2.57. The molecule has 2 saturated heterocycles. The second-order valence-corrected chi connectivity index (χ2v) is 12.4. The van der Waals surface area contributed by atoms with Gasteiger partial charge in [-0.3, -0.25) is 0 Å². The molecule has 0 amide bonds. The predicted octanol–water partition coefficient (Wildman–Crippen LogP) is 5.85. The van der Waals surface area contributed by atoms with E-state index in [9.17, 15) is 0 Å². The van der Waals surface area contributed by atoms with Gasteiger partial charge in [-0.05, 0) is 95.6 Å². The number of furan rings is 1. The Bertz CT molecular complexity index is 1430. The normalized spacial score (nSPS) is 21.8. The maximum atomic E-state index is 6.43. The largest absolute Gasteiger partial charge is 0.494 e. The van der Waals surface area contributed by atoms with Gasteiger partial charge in [0.25, 0.3) is 0 Å². The van der Waals surface area contributed by atoms with E-state index < -0.39 is 36.6 Å². The summed E-state index contributed by atoms with van der Waals surface area (Å²) >= 11 is 0. The van der Waals surface area contributed by atoms with E-state index in [0.29, 0.717) is 0 Å². The van der Waals surface area contributed by atoms with E-state index in [1.165, 1.54) is 0 Å². The van der Waals surface area contributed by atoms with Crippen LogP contribution in [0.3, 0.4) is 0 Å². The third kappa shape index (κ3) is 3.95. The molecule has 0 bridgehead atoms. The van der Waals surface area contributed by atoms with Crippen LogP contribution in [0.1, 0.15) is 55.4 Å². The van der Waals surface area contributed by atoms with Gasteiger partial charge in [-0.2, -0.15) is 0 Å². The van der Waals surface area contributed by atoms with E-state index in [-0.39, 0.29) is 0 Å². The van der Waals surface area contributed by atoms with Crippen molar-refractivity contribution in [3.05, 3.63) is 60.7 Å². The molecule has 3 heterocycles. The van der Waals surface area contributed by atoms with Crippen LogP contribution in [0.25, 0.3) is 33.1 Å². The minimum atomic E-state index is -0.499. The highest BCUT2D eigenvalue weighted by Crippen LogP contribution is 2.39. The van der Waals surface area contributed by atoms with Crippen LogP contribution in [0, 0.1) is 0 Å². The molecule has 0 radical (unpaired) electrons. The molecule has 2 aliphatic heterocycles. The first-order valence-corrected chi connectivity index (χ1v) is 13.0. The van der Waals surface area contributed by atoms with Gasteiger partial charge in [-0.25, -0.2) is 0 Å². The van der Waals surface area contributed by atoms with E-state index in [4.69, 9.17) is 23.0 Å². The number of fused-ring (bicyclic) bond motifs is 3. The fourth-order valence-corrected chi connectivity index (χ4v) is 4.98. The van der Waals surface area contributed by atoms with Gasteiger partial charge in [-0.1, -0.05) is 42.5 Å². The van der Waals surface area contributed by atoms with Gasteiger partial charge in [0.05, 0.1) is 22.4 Å². The second-order valence-electron chi connectivity index (χ2n) is 12.4. The first-order valence-electron chi connectivity index (χ1n) is 13.0. The molecule has 0 saturated carbocycles. The van der Waals surface area contributed by atoms with Gasteiger partial charge >= 0.3 is 14.2 Å². The van der Waals surface area contributed by atoms with Gasteiger partial charge in [0.2, 0.25) is 0 Å². The zero-order chi connectivity index (χ0) is 26.4. The minimum Gasteiger partial charge on any atom is -0.456 e. The predicted molar refractivity (Wildman–Crippen MR) is 151 cm³/mol. The molecule has 2 fully saturated rings. The third-order valence-electron chi connectivity index (χ3n) is 8.74. The number of hydrogen-bond acceptors (Lipinski definition) is 5. The molecule has 4 aromatic rings. The van der Waals surface area contributed by atoms with Crippen LogP contribution in [-0.4, -0.2) is 36.6 Å². The zero-order valence-corrected chi connectivity index (χ0v) is 23.0. The first kappa shape index (κ1) is 24.7. The fourth-order valence-electron chi connectivity index (χ4n) is 4.98. The van der Waals surface area contributed by atoms with Crippen molar-refractivity contribution in [2.75, 3.05) is 0 Å². The van der Waals surface area contributed by atoms with Crippen molar-refractivity contribution in [3.8, 4) is 11.1 Å². The topological polar surface area (TPSA) is 50.1 Å². The minimum absolute atomic E-state index is 0.439. The standard InChI is InChI=1S/C30H34B2O5/c1-27(2)28(3,4)35-31(34-27)21-15-20(16-22(18-21)32-36-29(5,6)30(7,8)37-32)19-13-14-24-23-11-9-10-12-25(23)33-26(24)17-19/h9-18H,1-8H3. The Morgan fingerprint density at radius 1 is 0.486 bits per heavy atom. The Morgan fingerprint density at radius 2 is 0.973 bits per heavy atom. The monoisotopic (exact) mass is 496 g/mol. The van der Waals surface area contributed by atoms with Crippen LogP contribution in [0.15, 0.2) is 65.1 Å². The molecular weight excluding hydrogens is 462 g/mol. The molecule has 6 rings (SSSR count). The molecule has 5 nitrogen and oxygen atoms in total. The highest BCUT2D eigenvalue weighted by atomic mass is 16.7. The van der Waals surface area contributed by atoms with Crippen molar-refractivity contribution in [2.45, 2.75) is 77.8 Å². The average molecular weight is 496 g/mol. The summed E-state index contributed by atoms with van der Waals surface area (Å²) in [5.41, 5.74) is 3.93. The van der Waals surface area contributed by atoms with Gasteiger partial charge in [0.15, 0.2) is 0 Å². The quantitative estimate of drug-likeness (QED) is 0.333. The van der Waals surface area contributed by atoms with Gasteiger partial charge < -0.3 is 23.0 Å². The van der Waals surface area contributed by atoms with Crippen molar-refractivity contribution >= 4 is 47.1 Å². The van der Waals surface area contributed by atoms with Crippen molar-refractivity contribution in [3.63, 3.8) is 0 Å². The molecule has 0 unspecified atom stereocenters. The summed E-state index contributed by atoms with van der Waals surface area (Å²) in [5.74, 6) is 0. The van der Waals surface area contributed by atoms with Crippen LogP contribution in [0.5, 0.6) is 0 Å². The number of hydrogen-bond donors (Lipinski definition) is 0. The SMILES string of the molecule is CC1(C)OB(c2cc(B3OC(C)(C)C(C)(C)O3)cc(-c3ccc4c(c3)oc3ccccc34)c2)OC1(C)C. The smallest absolute Gasteiger partial charge is 0.456 e. The Kier molecular flexibility index (Phi) is 5.33. The summed E-state index contributed by atoms with van der Waals surface area (Å²) in [6.45, 7) is 16.6. The van der Waals surface area contributed by atoms with E-state index in [1.807, 2.05) is 18.2 Å². The van der Waals surface area contributed by atoms with Crippen molar-refractivity contribution in [1.82, 2.24) is 0 Å². The van der Waals surface area contributed by atoms with Crippen LogP contribution in [-0.2, 0) is 18.6 Å². The molecule has 190 valence electrons. The summed E-state index contributed by atoms with van der Waals surface area (Å²) in [7, 11) is -0.998. The molecule has 0 spiro atoms. The number of para-hydroxylation sites is 1. The summed E-state index contributed by atoms with van der Waals surface area (Å²) in [4.78, 5) is 0. The number of benzene rings is 3. The summed E-state index contributed by atoms with van der Waals surface area (Å²) < 4.78 is 31.9. The Balaban J connectivity index is 1.47. The molecular formula is C30H34B2O5. The lowest BCUT2D eigenvalue weighted by atomic mass is 9.70. The maximum absolute atomic E-state index is 6.43. The lowest BCUT2D eigenvalue weighted by molar-refractivity contribution is 0.00578. The summed E-state index contributed by atoms with van der Waals surface area (Å²) in [6.07, 6.45) is 0. The van der Waals surface area contributed by atoms with E-state index >= 15 is 0 Å². The molecule has 3 aromatic carbocycles. The molecule has 0 N–H and O–H groups in total. The van der Waals surface area contributed by atoms with Crippen LogP contribution in [0.2, 0.25) is 0 Å². The maximum Gasteiger partial charge on any atom is 0.494 e. The first-order chi connectivity index (χ1) is 17.3. The highest BCUT2D eigenvalue weighted by molar-refractivity contribution is 6.66. The summed E-state index contributed by atoms with van der Waals surface area (Å²) in [6, 6.07) is 20.9. The number of rotatable bonds is 3. The Morgan fingerprint density at radius 3 is 1.51 bits per heavy atom. The third-order valence-corrected chi connectivity index (χ3v) is 8.74. The molecule has 0 atom stereocenters. The second kappa shape index (κ2) is 7.97. The van der Waals surface area contributed by atoms with Gasteiger partial charge in [0.1, 0.15) is 11.2 Å². The van der Waals surface area contributed by atoms with Gasteiger partial charge in [0, 0.05) is 10.8 Å². The van der Waals surface area contributed by atoms with Crippen molar-refractivity contribution in [1.29, 1.82) is 0 Å². The van der Waals surface area contributed by atoms with Crippen molar-refractivity contribution < 1.29 is 23.0 Å². The Labute approximate surface area is 219 Å². The lowest BCUT2D eigenvalue weighted by Crippen LogP contribution is -2.41. The van der Waals surface area contributed by atoms with Crippen LogP contribution in [0.4, 0.5) is 0 Å². The highest BCUT2D eigenvalue weighted by Gasteiger charge is 2.54. The molecule has 1 aromatic heterocycles. The van der Waals surface area contributed by atoms with Crippen molar-refractivity contribution in [2.24, 2.45) is 0 Å². The summed E-state index contributed by atoms with van der Waals surface area (Å²) in [5, 5.41) is 2.22. The van der Waals surface area contributed by atoms with Crippen LogP contribution >= 0.6 is 0 Å². The molecule has 7 heteroatoms.